The first kappa shape index (κ1) is 37.8. The first-order valence-electron chi connectivity index (χ1n) is 17.3. The lowest BCUT2D eigenvalue weighted by Gasteiger charge is -2.29. The molecule has 2 aromatic carbocycles. The van der Waals surface area contributed by atoms with E-state index in [-0.39, 0.29) is 36.7 Å². The van der Waals surface area contributed by atoms with Crippen molar-refractivity contribution in [1.29, 1.82) is 0 Å². The van der Waals surface area contributed by atoms with E-state index in [0.29, 0.717) is 45.3 Å². The summed E-state index contributed by atoms with van der Waals surface area (Å²) in [6.07, 6.45) is 4.92. The van der Waals surface area contributed by atoms with Gasteiger partial charge in [0, 0.05) is 44.5 Å². The van der Waals surface area contributed by atoms with Crippen LogP contribution in [-0.2, 0) is 33.7 Å². The van der Waals surface area contributed by atoms with Gasteiger partial charge in [-0.25, -0.2) is 9.59 Å². The molecule has 2 heterocycles. The van der Waals surface area contributed by atoms with Crippen LogP contribution in [0, 0.1) is 0 Å². The Hall–Kier alpha value is -4.00. The molecule has 3 N–H and O–H groups in total. The molecule has 3 atom stereocenters. The maximum Gasteiger partial charge on any atom is 0.407 e. The van der Waals surface area contributed by atoms with Crippen molar-refractivity contribution >= 4 is 29.4 Å². The van der Waals surface area contributed by atoms with Gasteiger partial charge >= 0.3 is 12.1 Å². The zero-order valence-electron chi connectivity index (χ0n) is 29.0. The Balaban J connectivity index is 1.45. The van der Waals surface area contributed by atoms with E-state index >= 15 is 0 Å². The van der Waals surface area contributed by atoms with E-state index < -0.39 is 12.1 Å². The number of urea groups is 1. The molecule has 0 bridgehead atoms. The lowest BCUT2D eigenvalue weighted by Crippen LogP contribution is -2.54. The number of nitrogens with zero attached hydrogens (tertiary/aromatic N) is 3. The van der Waals surface area contributed by atoms with Crippen molar-refractivity contribution in [3.8, 4) is 0 Å². The van der Waals surface area contributed by atoms with E-state index in [4.69, 9.17) is 9.47 Å². The highest BCUT2D eigenvalue weighted by molar-refractivity contribution is 7.09. The van der Waals surface area contributed by atoms with Gasteiger partial charge in [0.25, 0.3) is 0 Å². The molecule has 0 spiro atoms. The highest BCUT2D eigenvalue weighted by atomic mass is 32.1. The Morgan fingerprint density at radius 2 is 1.51 bits per heavy atom. The number of alkyl carbamates (subject to hydrolysis) is 1. The average Bonchev–Trinajstić information content (AvgIpc) is 3.64. The molecule has 1 unspecified atom stereocenters. The van der Waals surface area contributed by atoms with Gasteiger partial charge in [0.15, 0.2) is 0 Å². The summed E-state index contributed by atoms with van der Waals surface area (Å²) >= 11 is 1.44. The van der Waals surface area contributed by atoms with E-state index in [9.17, 15) is 14.4 Å². The number of benzene rings is 2. The second kappa shape index (κ2) is 20.5. The molecular formula is C37H52N6O5S. The van der Waals surface area contributed by atoms with Crippen LogP contribution in [0.3, 0.4) is 0 Å². The smallest absolute Gasteiger partial charge is 0.407 e. The number of ether oxygens (including phenoxy) is 2. The van der Waals surface area contributed by atoms with Gasteiger partial charge in [-0.05, 0) is 70.0 Å². The second-order valence-electron chi connectivity index (χ2n) is 12.9. The largest absolute Gasteiger partial charge is 0.444 e. The van der Waals surface area contributed by atoms with Crippen LogP contribution in [0.4, 0.5) is 9.59 Å². The standard InChI is InChI=1S/C37H52N6O5S/c1-28(2)42(3)36(45)41-34(15-10-18-43-19-21-47-22-20-43)35(44)39-31(23-29-11-6-4-7-12-29)16-17-32(24-30-13-8-5-9-14-30)40-37(46)48-26-33-25-38-27-49-33/h4-9,11-14,25,27-28,31-32,34H,10,15-24,26H2,1-3H3,(H,39,44)(H,40,46)(H,41,45)/t31-,32-,34?/m1/s1. The SMILES string of the molecule is CC(C)N(C)C(=O)NC(CCCN1CCOCC1)C(=O)N[C@H](CC[C@H](Cc1ccccc1)NC(=O)OCc1cncs1)Cc1ccccc1. The van der Waals surface area contributed by atoms with Crippen molar-refractivity contribution in [2.45, 2.75) is 83.1 Å². The summed E-state index contributed by atoms with van der Waals surface area (Å²) in [5.41, 5.74) is 3.89. The van der Waals surface area contributed by atoms with Gasteiger partial charge in [0.2, 0.25) is 5.91 Å². The molecule has 4 rings (SSSR count). The van der Waals surface area contributed by atoms with Gasteiger partial charge in [-0.15, -0.1) is 11.3 Å². The number of carbonyl (C=O) groups is 3. The van der Waals surface area contributed by atoms with Crippen molar-refractivity contribution in [3.05, 3.63) is 88.4 Å². The number of thiazole rings is 1. The molecule has 1 aromatic heterocycles. The molecule has 1 aliphatic heterocycles. The summed E-state index contributed by atoms with van der Waals surface area (Å²) in [7, 11) is 1.74. The van der Waals surface area contributed by atoms with Gasteiger partial charge in [-0.1, -0.05) is 60.7 Å². The number of hydrogen-bond donors (Lipinski definition) is 3. The Labute approximate surface area is 294 Å². The molecular weight excluding hydrogens is 641 g/mol. The van der Waals surface area contributed by atoms with Gasteiger partial charge in [-0.3, -0.25) is 14.7 Å². The molecule has 3 aromatic rings. The summed E-state index contributed by atoms with van der Waals surface area (Å²) in [6, 6.07) is 18.6. The fraction of sp³-hybridized carbons (Fsp3) is 0.514. The van der Waals surface area contributed by atoms with Crippen molar-refractivity contribution < 1.29 is 23.9 Å². The normalized spacial score (nSPS) is 15.2. The second-order valence-corrected chi connectivity index (χ2v) is 13.8. The van der Waals surface area contributed by atoms with Gasteiger partial charge in [-0.2, -0.15) is 0 Å². The fourth-order valence-corrected chi connectivity index (χ4v) is 6.21. The summed E-state index contributed by atoms with van der Waals surface area (Å²) in [4.78, 5) is 48.9. The van der Waals surface area contributed by atoms with Crippen LogP contribution < -0.4 is 16.0 Å². The minimum absolute atomic E-state index is 0.00870. The van der Waals surface area contributed by atoms with E-state index in [1.807, 2.05) is 62.4 Å². The minimum atomic E-state index is -0.687. The predicted molar refractivity (Wildman–Crippen MR) is 192 cm³/mol. The molecule has 49 heavy (non-hydrogen) atoms. The molecule has 0 aliphatic carbocycles. The number of morpholine rings is 1. The monoisotopic (exact) mass is 692 g/mol. The third-order valence-corrected chi connectivity index (χ3v) is 9.54. The lowest BCUT2D eigenvalue weighted by atomic mass is 9.95. The van der Waals surface area contributed by atoms with Crippen LogP contribution >= 0.6 is 11.3 Å². The molecule has 0 saturated carbocycles. The fourth-order valence-electron chi connectivity index (χ4n) is 5.71. The summed E-state index contributed by atoms with van der Waals surface area (Å²) in [6.45, 7) is 8.05. The Bertz CT molecular complexity index is 1390. The van der Waals surface area contributed by atoms with E-state index in [0.717, 1.165) is 42.1 Å². The van der Waals surface area contributed by atoms with Crippen LogP contribution in [0.25, 0.3) is 0 Å². The van der Waals surface area contributed by atoms with Crippen LogP contribution in [-0.4, -0.2) is 96.9 Å². The third kappa shape index (κ3) is 13.8. The number of aromatic nitrogens is 1. The topological polar surface area (TPSA) is 125 Å². The van der Waals surface area contributed by atoms with E-state index in [1.165, 1.54) is 11.3 Å². The van der Waals surface area contributed by atoms with Crippen LogP contribution in [0.15, 0.2) is 72.4 Å². The molecule has 0 radical (unpaired) electrons. The number of carbonyl (C=O) groups excluding carboxylic acids is 3. The first-order chi connectivity index (χ1) is 23.8. The molecule has 1 fully saturated rings. The highest BCUT2D eigenvalue weighted by Crippen LogP contribution is 2.15. The minimum Gasteiger partial charge on any atom is -0.444 e. The van der Waals surface area contributed by atoms with Gasteiger partial charge < -0.3 is 30.3 Å². The lowest BCUT2D eigenvalue weighted by molar-refractivity contribution is -0.124. The molecule has 1 saturated heterocycles. The first-order valence-corrected chi connectivity index (χ1v) is 18.2. The Morgan fingerprint density at radius 3 is 2.08 bits per heavy atom. The third-order valence-electron chi connectivity index (χ3n) is 8.79. The maximum atomic E-state index is 14.0. The van der Waals surface area contributed by atoms with Gasteiger partial charge in [0.05, 0.1) is 23.6 Å². The zero-order valence-corrected chi connectivity index (χ0v) is 29.8. The van der Waals surface area contributed by atoms with Crippen LogP contribution in [0.1, 0.15) is 55.5 Å². The molecule has 1 aliphatic rings. The number of amides is 4. The predicted octanol–water partition coefficient (Wildman–Crippen LogP) is 5.02. The number of rotatable bonds is 18. The number of hydrogen-bond acceptors (Lipinski definition) is 8. The molecule has 11 nitrogen and oxygen atoms in total. The van der Waals surface area contributed by atoms with Crippen molar-refractivity contribution in [1.82, 2.24) is 30.7 Å². The Morgan fingerprint density at radius 1 is 0.898 bits per heavy atom. The molecule has 4 amide bonds. The van der Waals surface area contributed by atoms with Crippen LogP contribution in [0.2, 0.25) is 0 Å². The van der Waals surface area contributed by atoms with Crippen molar-refractivity contribution in [3.63, 3.8) is 0 Å². The Kier molecular flexibility index (Phi) is 15.8. The number of nitrogens with one attached hydrogen (secondary N) is 3. The summed E-state index contributed by atoms with van der Waals surface area (Å²) in [5.74, 6) is -0.204. The summed E-state index contributed by atoms with van der Waals surface area (Å²) < 4.78 is 11.0. The van der Waals surface area contributed by atoms with Crippen molar-refractivity contribution in [2.75, 3.05) is 39.9 Å². The van der Waals surface area contributed by atoms with Crippen molar-refractivity contribution in [2.24, 2.45) is 0 Å². The molecule has 266 valence electrons. The average molecular weight is 693 g/mol. The highest BCUT2D eigenvalue weighted by Gasteiger charge is 2.27. The summed E-state index contributed by atoms with van der Waals surface area (Å²) in [5, 5.41) is 9.36. The maximum absolute atomic E-state index is 14.0. The van der Waals surface area contributed by atoms with E-state index in [1.54, 1.807) is 23.7 Å². The molecule has 12 heteroatoms. The zero-order chi connectivity index (χ0) is 34.8. The quantitative estimate of drug-likeness (QED) is 0.171. The van der Waals surface area contributed by atoms with Crippen LogP contribution in [0.5, 0.6) is 0 Å². The van der Waals surface area contributed by atoms with Gasteiger partial charge in [0.1, 0.15) is 12.6 Å². The van der Waals surface area contributed by atoms with E-state index in [2.05, 4.69) is 38.0 Å².